The molecule has 0 saturated heterocycles. The van der Waals surface area contributed by atoms with Crippen molar-refractivity contribution < 1.29 is 23.7 Å². The van der Waals surface area contributed by atoms with E-state index in [-0.39, 0.29) is 12.8 Å². The molecule has 0 fully saturated rings. The quantitative estimate of drug-likeness (QED) is 0.788. The largest absolute Gasteiger partial charge is 0.495 e. The molecule has 2 aromatic carbocycles. The van der Waals surface area contributed by atoms with Gasteiger partial charge in [0.15, 0.2) is 11.5 Å². The van der Waals surface area contributed by atoms with Crippen LogP contribution >= 0.6 is 0 Å². The number of aryl methyl sites for hydroxylation is 1. The number of anilines is 1. The lowest BCUT2D eigenvalue weighted by Crippen LogP contribution is -2.32. The highest BCUT2D eigenvalue weighted by Crippen LogP contribution is 2.35. The Morgan fingerprint density at radius 2 is 2.00 bits per heavy atom. The Balaban J connectivity index is 1.44. The maximum absolute atomic E-state index is 12.0. The van der Waals surface area contributed by atoms with Crippen LogP contribution < -0.4 is 29.6 Å². The highest BCUT2D eigenvalue weighted by molar-refractivity contribution is 5.91. The molecule has 7 heteroatoms. The number of rotatable bonds is 6. The van der Waals surface area contributed by atoms with Crippen molar-refractivity contribution in [2.24, 2.45) is 0 Å². The van der Waals surface area contributed by atoms with Gasteiger partial charge in [0.05, 0.1) is 19.3 Å². The fourth-order valence-corrected chi connectivity index (χ4v) is 2.39. The van der Waals surface area contributed by atoms with Crippen LogP contribution in [0.2, 0.25) is 0 Å². The first-order chi connectivity index (χ1) is 12.2. The second-order valence-electron chi connectivity index (χ2n) is 5.45. The maximum atomic E-state index is 12.0. The number of fused-ring (bicyclic) bond motifs is 1. The van der Waals surface area contributed by atoms with E-state index < -0.39 is 0 Å². The zero-order valence-corrected chi connectivity index (χ0v) is 14.1. The van der Waals surface area contributed by atoms with Gasteiger partial charge in [-0.05, 0) is 36.8 Å². The smallest absolute Gasteiger partial charge is 0.319 e. The molecule has 1 heterocycles. The minimum Gasteiger partial charge on any atom is -0.495 e. The molecule has 0 unspecified atom stereocenters. The van der Waals surface area contributed by atoms with Crippen LogP contribution in [0, 0.1) is 6.92 Å². The van der Waals surface area contributed by atoms with Gasteiger partial charge in [-0.3, -0.25) is 0 Å². The van der Waals surface area contributed by atoms with Gasteiger partial charge in [-0.2, -0.15) is 0 Å². The summed E-state index contributed by atoms with van der Waals surface area (Å²) in [6.45, 7) is 2.86. The Morgan fingerprint density at radius 3 is 2.84 bits per heavy atom. The van der Waals surface area contributed by atoms with E-state index in [9.17, 15) is 4.79 Å². The third-order valence-corrected chi connectivity index (χ3v) is 3.60. The summed E-state index contributed by atoms with van der Waals surface area (Å²) >= 11 is 0. The number of ether oxygens (including phenoxy) is 4. The van der Waals surface area contributed by atoms with E-state index in [0.717, 1.165) is 5.56 Å². The van der Waals surface area contributed by atoms with Crippen LogP contribution in [0.25, 0.3) is 0 Å². The van der Waals surface area contributed by atoms with E-state index in [1.165, 1.54) is 0 Å². The lowest BCUT2D eigenvalue weighted by molar-refractivity contribution is 0.173. The SMILES string of the molecule is COc1ccc(C)cc1NC(=O)NCCOc1ccc2c(c1)OCO2. The van der Waals surface area contributed by atoms with Gasteiger partial charge in [0, 0.05) is 6.07 Å². The monoisotopic (exact) mass is 344 g/mol. The predicted molar refractivity (Wildman–Crippen MR) is 92.8 cm³/mol. The highest BCUT2D eigenvalue weighted by atomic mass is 16.7. The molecular weight excluding hydrogens is 324 g/mol. The minimum absolute atomic E-state index is 0.225. The summed E-state index contributed by atoms with van der Waals surface area (Å²) in [6.07, 6.45) is 0. The molecule has 1 aliphatic heterocycles. The fraction of sp³-hybridized carbons (Fsp3) is 0.278. The van der Waals surface area contributed by atoms with Crippen molar-refractivity contribution in [1.29, 1.82) is 0 Å². The van der Waals surface area contributed by atoms with Gasteiger partial charge in [0.2, 0.25) is 6.79 Å². The Hall–Kier alpha value is -3.09. The fourth-order valence-electron chi connectivity index (χ4n) is 2.39. The molecule has 132 valence electrons. The molecule has 0 aliphatic carbocycles. The van der Waals surface area contributed by atoms with E-state index in [1.54, 1.807) is 25.3 Å². The van der Waals surface area contributed by atoms with Crippen molar-refractivity contribution in [2.45, 2.75) is 6.92 Å². The molecule has 0 spiro atoms. The van der Waals surface area contributed by atoms with Gasteiger partial charge in [-0.15, -0.1) is 0 Å². The molecule has 2 aromatic rings. The predicted octanol–water partition coefficient (Wildman–Crippen LogP) is 2.93. The van der Waals surface area contributed by atoms with Gasteiger partial charge in [-0.1, -0.05) is 6.07 Å². The number of hydrogen-bond donors (Lipinski definition) is 2. The van der Waals surface area contributed by atoms with Crippen molar-refractivity contribution in [3.8, 4) is 23.0 Å². The normalized spacial score (nSPS) is 11.8. The van der Waals surface area contributed by atoms with Gasteiger partial charge >= 0.3 is 6.03 Å². The maximum Gasteiger partial charge on any atom is 0.319 e. The second-order valence-corrected chi connectivity index (χ2v) is 5.45. The van der Waals surface area contributed by atoms with E-state index in [4.69, 9.17) is 18.9 Å². The first-order valence-corrected chi connectivity index (χ1v) is 7.87. The standard InChI is InChI=1S/C18H20N2O5/c1-12-3-5-15(22-2)14(9-12)20-18(21)19-7-8-23-13-4-6-16-17(10-13)25-11-24-16/h3-6,9-10H,7-8,11H2,1-2H3,(H2,19,20,21). The summed E-state index contributed by atoms with van der Waals surface area (Å²) in [5.74, 6) is 2.64. The molecule has 0 radical (unpaired) electrons. The van der Waals surface area contributed by atoms with E-state index >= 15 is 0 Å². The number of carbonyl (C=O) groups excluding carboxylic acids is 1. The molecule has 0 aromatic heterocycles. The molecule has 3 rings (SSSR count). The minimum atomic E-state index is -0.321. The average Bonchev–Trinajstić information content (AvgIpc) is 3.07. The Kier molecular flexibility index (Phi) is 5.13. The highest BCUT2D eigenvalue weighted by Gasteiger charge is 2.13. The third-order valence-electron chi connectivity index (χ3n) is 3.60. The zero-order chi connectivity index (χ0) is 17.6. The molecule has 2 amide bonds. The van der Waals surface area contributed by atoms with Crippen LogP contribution in [0.15, 0.2) is 36.4 Å². The first-order valence-electron chi connectivity index (χ1n) is 7.87. The molecular formula is C18H20N2O5. The Labute approximate surface area is 145 Å². The van der Waals surface area contributed by atoms with Crippen LogP contribution in [0.4, 0.5) is 10.5 Å². The van der Waals surface area contributed by atoms with Crippen molar-refractivity contribution in [3.05, 3.63) is 42.0 Å². The molecule has 0 atom stereocenters. The van der Waals surface area contributed by atoms with Crippen LogP contribution in [0.3, 0.4) is 0 Å². The van der Waals surface area contributed by atoms with E-state index in [2.05, 4.69) is 10.6 Å². The Bertz CT molecular complexity index is 763. The van der Waals surface area contributed by atoms with Crippen molar-refractivity contribution in [1.82, 2.24) is 5.32 Å². The van der Waals surface area contributed by atoms with Crippen LogP contribution in [0.5, 0.6) is 23.0 Å². The van der Waals surface area contributed by atoms with Gasteiger partial charge < -0.3 is 29.6 Å². The van der Waals surface area contributed by atoms with Crippen molar-refractivity contribution in [2.75, 3.05) is 32.4 Å². The molecule has 1 aliphatic rings. The van der Waals surface area contributed by atoms with Crippen molar-refractivity contribution in [3.63, 3.8) is 0 Å². The lowest BCUT2D eigenvalue weighted by atomic mass is 10.2. The van der Waals surface area contributed by atoms with Crippen LogP contribution in [0.1, 0.15) is 5.56 Å². The molecule has 25 heavy (non-hydrogen) atoms. The second kappa shape index (κ2) is 7.65. The summed E-state index contributed by atoms with van der Waals surface area (Å²) in [4.78, 5) is 12.0. The van der Waals surface area contributed by atoms with Crippen molar-refractivity contribution >= 4 is 11.7 Å². The van der Waals surface area contributed by atoms with E-state index in [0.29, 0.717) is 41.8 Å². The molecule has 7 nitrogen and oxygen atoms in total. The third kappa shape index (κ3) is 4.26. The van der Waals surface area contributed by atoms with Crippen LogP contribution in [-0.4, -0.2) is 33.1 Å². The Morgan fingerprint density at radius 1 is 1.16 bits per heavy atom. The summed E-state index contributed by atoms with van der Waals surface area (Å²) in [5.41, 5.74) is 1.65. The number of hydrogen-bond acceptors (Lipinski definition) is 5. The van der Waals surface area contributed by atoms with Gasteiger partial charge in [-0.25, -0.2) is 4.79 Å². The number of urea groups is 1. The summed E-state index contributed by atoms with van der Waals surface area (Å²) < 4.78 is 21.4. The first kappa shape index (κ1) is 16.8. The molecule has 0 bridgehead atoms. The topological polar surface area (TPSA) is 78.1 Å². The van der Waals surface area contributed by atoms with Gasteiger partial charge in [0.25, 0.3) is 0 Å². The number of nitrogens with one attached hydrogen (secondary N) is 2. The van der Waals surface area contributed by atoms with Crippen LogP contribution in [-0.2, 0) is 0 Å². The summed E-state index contributed by atoms with van der Waals surface area (Å²) in [7, 11) is 1.56. The van der Waals surface area contributed by atoms with Gasteiger partial charge in [0.1, 0.15) is 18.1 Å². The zero-order valence-electron chi connectivity index (χ0n) is 14.1. The number of benzene rings is 2. The molecule has 0 saturated carbocycles. The number of amides is 2. The summed E-state index contributed by atoms with van der Waals surface area (Å²) in [6, 6.07) is 10.6. The number of carbonyl (C=O) groups is 1. The molecule has 2 N–H and O–H groups in total. The average molecular weight is 344 g/mol. The lowest BCUT2D eigenvalue weighted by Gasteiger charge is -2.12. The number of methoxy groups -OCH3 is 1. The summed E-state index contributed by atoms with van der Waals surface area (Å²) in [5, 5.41) is 5.51. The van der Waals surface area contributed by atoms with E-state index in [1.807, 2.05) is 25.1 Å².